The molecule has 1 N–H and O–H groups in total. The van der Waals surface area contributed by atoms with Crippen LogP contribution in [-0.4, -0.2) is 24.7 Å². The molecule has 0 saturated carbocycles. The van der Waals surface area contributed by atoms with Crippen LogP contribution in [0.3, 0.4) is 0 Å². The molecule has 1 aromatic heterocycles. The van der Waals surface area contributed by atoms with Crippen LogP contribution in [0.4, 0.5) is 4.39 Å². The fourth-order valence-corrected chi connectivity index (χ4v) is 1.60. The van der Waals surface area contributed by atoms with E-state index in [1.807, 2.05) is 0 Å². The molecule has 2 heterocycles. The van der Waals surface area contributed by atoms with Gasteiger partial charge in [-0.2, -0.15) is 4.39 Å². The summed E-state index contributed by atoms with van der Waals surface area (Å²) in [7, 11) is 0. The topological polar surface area (TPSA) is 34.2 Å². The van der Waals surface area contributed by atoms with Crippen LogP contribution in [0.2, 0.25) is 5.02 Å². The lowest BCUT2D eigenvalue weighted by Crippen LogP contribution is -2.33. The summed E-state index contributed by atoms with van der Waals surface area (Å²) in [5.74, 6) is -0.511. The number of morpholine rings is 1. The molecule has 1 saturated heterocycles. The van der Waals surface area contributed by atoms with E-state index in [9.17, 15) is 4.39 Å². The monoisotopic (exact) mass is 216 g/mol. The van der Waals surface area contributed by atoms with Gasteiger partial charge in [0.15, 0.2) is 0 Å². The maximum atomic E-state index is 13.3. The predicted octanol–water partition coefficient (Wildman–Crippen LogP) is 1.53. The van der Waals surface area contributed by atoms with Crippen molar-refractivity contribution in [2.24, 2.45) is 0 Å². The van der Waals surface area contributed by atoms with Crippen molar-refractivity contribution >= 4 is 11.6 Å². The van der Waals surface area contributed by atoms with Crippen LogP contribution in [0.1, 0.15) is 11.7 Å². The fraction of sp³-hybridized carbons (Fsp3) is 0.444. The molecule has 0 amide bonds. The van der Waals surface area contributed by atoms with Gasteiger partial charge in [-0.1, -0.05) is 11.6 Å². The molecule has 0 bridgehead atoms. The summed E-state index contributed by atoms with van der Waals surface area (Å²) in [5, 5.41) is 3.54. The normalized spacial score (nSPS) is 22.3. The Hall–Kier alpha value is -0.710. The Morgan fingerprint density at radius 3 is 3.21 bits per heavy atom. The lowest BCUT2D eigenvalue weighted by molar-refractivity contribution is 0.0250. The first-order valence-electron chi connectivity index (χ1n) is 4.40. The number of ether oxygens (including phenoxy) is 1. The van der Waals surface area contributed by atoms with E-state index < -0.39 is 5.95 Å². The summed E-state index contributed by atoms with van der Waals surface area (Å²) in [5.41, 5.74) is 0.421. The highest BCUT2D eigenvalue weighted by atomic mass is 35.5. The molecule has 1 fully saturated rings. The number of halogens is 2. The first-order chi connectivity index (χ1) is 6.77. The summed E-state index contributed by atoms with van der Waals surface area (Å²) in [4.78, 5) is 3.55. The predicted molar refractivity (Wildman–Crippen MR) is 50.8 cm³/mol. The third-order valence-electron chi connectivity index (χ3n) is 2.11. The second-order valence-corrected chi connectivity index (χ2v) is 3.53. The highest BCUT2D eigenvalue weighted by molar-refractivity contribution is 6.30. The zero-order chi connectivity index (χ0) is 9.97. The minimum absolute atomic E-state index is 0.282. The standard InChI is InChI=1S/C9H10ClFN2O/c10-6-3-7(9(11)13-4-6)8-5-12-1-2-14-8/h3-4,8,12H,1-2,5H2. The smallest absolute Gasteiger partial charge is 0.218 e. The van der Waals surface area contributed by atoms with E-state index in [1.165, 1.54) is 6.20 Å². The zero-order valence-corrected chi connectivity index (χ0v) is 8.22. The molecule has 0 aromatic carbocycles. The molecule has 0 spiro atoms. The van der Waals surface area contributed by atoms with E-state index in [1.54, 1.807) is 6.07 Å². The minimum atomic E-state index is -0.511. The van der Waals surface area contributed by atoms with Gasteiger partial charge in [-0.25, -0.2) is 4.98 Å². The quantitative estimate of drug-likeness (QED) is 0.723. The highest BCUT2D eigenvalue weighted by Crippen LogP contribution is 2.23. The molecule has 5 heteroatoms. The third-order valence-corrected chi connectivity index (χ3v) is 2.31. The zero-order valence-electron chi connectivity index (χ0n) is 7.46. The number of hydrogen-bond acceptors (Lipinski definition) is 3. The van der Waals surface area contributed by atoms with Crippen LogP contribution in [0.25, 0.3) is 0 Å². The van der Waals surface area contributed by atoms with Crippen LogP contribution in [0.5, 0.6) is 0 Å². The second-order valence-electron chi connectivity index (χ2n) is 3.10. The van der Waals surface area contributed by atoms with E-state index in [-0.39, 0.29) is 6.10 Å². The van der Waals surface area contributed by atoms with Gasteiger partial charge in [-0.3, -0.25) is 0 Å². The molecule has 0 radical (unpaired) electrons. The molecule has 76 valence electrons. The molecular formula is C9H10ClFN2O. The van der Waals surface area contributed by atoms with E-state index in [4.69, 9.17) is 16.3 Å². The van der Waals surface area contributed by atoms with Gasteiger partial charge in [-0.05, 0) is 6.07 Å². The Kier molecular flexibility index (Phi) is 2.96. The van der Waals surface area contributed by atoms with E-state index in [2.05, 4.69) is 10.3 Å². The van der Waals surface area contributed by atoms with Crippen LogP contribution < -0.4 is 5.32 Å². The van der Waals surface area contributed by atoms with Crippen molar-refractivity contribution in [1.82, 2.24) is 10.3 Å². The molecule has 3 nitrogen and oxygen atoms in total. The van der Waals surface area contributed by atoms with E-state index in [0.29, 0.717) is 23.7 Å². The highest BCUT2D eigenvalue weighted by Gasteiger charge is 2.20. The van der Waals surface area contributed by atoms with Gasteiger partial charge in [0, 0.05) is 24.8 Å². The minimum Gasteiger partial charge on any atom is -0.371 e. The molecule has 1 aliphatic rings. The maximum absolute atomic E-state index is 13.3. The van der Waals surface area contributed by atoms with E-state index >= 15 is 0 Å². The van der Waals surface area contributed by atoms with Gasteiger partial charge in [0.2, 0.25) is 5.95 Å². The van der Waals surface area contributed by atoms with Gasteiger partial charge in [0.1, 0.15) is 0 Å². The summed E-state index contributed by atoms with van der Waals surface area (Å²) in [6.07, 6.45) is 1.01. The number of nitrogens with zero attached hydrogens (tertiary/aromatic N) is 1. The van der Waals surface area contributed by atoms with Gasteiger partial charge < -0.3 is 10.1 Å². The summed E-state index contributed by atoms with van der Waals surface area (Å²) < 4.78 is 18.7. The largest absolute Gasteiger partial charge is 0.371 e. The first kappa shape index (κ1) is 9.83. The van der Waals surface area contributed by atoms with Crippen molar-refractivity contribution in [3.63, 3.8) is 0 Å². The molecule has 1 unspecified atom stereocenters. The summed E-state index contributed by atoms with van der Waals surface area (Å²) in [6, 6.07) is 1.56. The number of aromatic nitrogens is 1. The summed E-state index contributed by atoms with van der Waals surface area (Å²) >= 11 is 5.73. The van der Waals surface area contributed by atoms with Gasteiger partial charge in [0.25, 0.3) is 0 Å². The maximum Gasteiger partial charge on any atom is 0.218 e. The van der Waals surface area contributed by atoms with Crippen LogP contribution in [0, 0.1) is 5.95 Å². The number of nitrogens with one attached hydrogen (secondary N) is 1. The van der Waals surface area contributed by atoms with Gasteiger partial charge in [-0.15, -0.1) is 0 Å². The molecule has 0 aliphatic carbocycles. The average molecular weight is 217 g/mol. The van der Waals surface area contributed by atoms with Gasteiger partial charge >= 0.3 is 0 Å². The van der Waals surface area contributed by atoms with Crippen molar-refractivity contribution in [3.8, 4) is 0 Å². The molecule has 1 aliphatic heterocycles. The van der Waals surface area contributed by atoms with Crippen LogP contribution in [-0.2, 0) is 4.74 Å². The molecule has 1 atom stereocenters. The Labute approximate surface area is 86.2 Å². The van der Waals surface area contributed by atoms with Crippen molar-refractivity contribution < 1.29 is 9.13 Å². The van der Waals surface area contributed by atoms with Crippen molar-refractivity contribution in [2.45, 2.75) is 6.10 Å². The lowest BCUT2D eigenvalue weighted by Gasteiger charge is -2.23. The SMILES string of the molecule is Fc1ncc(Cl)cc1C1CNCCO1. The first-order valence-corrected chi connectivity index (χ1v) is 4.78. The Balaban J connectivity index is 2.24. The van der Waals surface area contributed by atoms with E-state index in [0.717, 1.165) is 6.54 Å². The van der Waals surface area contributed by atoms with Crippen molar-refractivity contribution in [1.29, 1.82) is 0 Å². The molecule has 1 aromatic rings. The number of rotatable bonds is 1. The second kappa shape index (κ2) is 4.21. The van der Waals surface area contributed by atoms with Crippen LogP contribution in [0.15, 0.2) is 12.3 Å². The Morgan fingerprint density at radius 2 is 2.50 bits per heavy atom. The van der Waals surface area contributed by atoms with Crippen LogP contribution >= 0.6 is 11.6 Å². The average Bonchev–Trinajstić information content (AvgIpc) is 2.23. The Bertz CT molecular complexity index is 329. The molecular weight excluding hydrogens is 207 g/mol. The summed E-state index contributed by atoms with van der Waals surface area (Å²) in [6.45, 7) is 1.97. The van der Waals surface area contributed by atoms with Crippen molar-refractivity contribution in [2.75, 3.05) is 19.7 Å². The lowest BCUT2D eigenvalue weighted by atomic mass is 10.1. The molecule has 2 rings (SSSR count). The Morgan fingerprint density at radius 1 is 1.64 bits per heavy atom. The van der Waals surface area contributed by atoms with Gasteiger partial charge in [0.05, 0.1) is 17.7 Å². The molecule has 14 heavy (non-hydrogen) atoms. The van der Waals surface area contributed by atoms with Crippen molar-refractivity contribution in [3.05, 3.63) is 28.8 Å². The third kappa shape index (κ3) is 2.03. The fourth-order valence-electron chi connectivity index (χ4n) is 1.43. The number of pyridine rings is 1. The number of hydrogen-bond donors (Lipinski definition) is 1.